The number of aliphatic hydroxyl groups is 1. The summed E-state index contributed by atoms with van der Waals surface area (Å²) in [6.45, 7) is 0. The topological polar surface area (TPSA) is 114 Å². The molecule has 3 rings (SSSR count). The van der Waals surface area contributed by atoms with Gasteiger partial charge < -0.3 is 20.6 Å². The van der Waals surface area contributed by atoms with Crippen LogP contribution in [0.2, 0.25) is 0 Å². The number of rotatable bonds is 5. The Morgan fingerprint density at radius 1 is 1.24 bits per heavy atom. The molecule has 0 radical (unpaired) electrons. The molecule has 158 valence electrons. The average Bonchev–Trinajstić information content (AvgIpc) is 2.92. The Bertz CT molecular complexity index is 754. The second-order valence-corrected chi connectivity index (χ2v) is 8.55. The molecule has 3 N–H and O–H groups in total. The van der Waals surface area contributed by atoms with E-state index in [1.54, 1.807) is 19.0 Å². The van der Waals surface area contributed by atoms with Crippen LogP contribution >= 0.6 is 0 Å². The molecular formula is C21H32N6O2. The summed E-state index contributed by atoms with van der Waals surface area (Å²) in [5.41, 5.74) is -0.336. The van der Waals surface area contributed by atoms with Crippen LogP contribution in [0.25, 0.3) is 0 Å². The summed E-state index contributed by atoms with van der Waals surface area (Å²) in [5.74, 6) is 0.858. The Balaban J connectivity index is 1.83. The number of nitriles is 1. The van der Waals surface area contributed by atoms with Crippen LogP contribution in [0.15, 0.2) is 6.20 Å². The third kappa shape index (κ3) is 5.15. The molecule has 2 aliphatic carbocycles. The molecule has 1 aromatic heterocycles. The van der Waals surface area contributed by atoms with Gasteiger partial charge in [-0.1, -0.05) is 32.1 Å². The maximum Gasteiger partial charge on any atom is 0.247 e. The fourth-order valence-corrected chi connectivity index (χ4v) is 4.48. The van der Waals surface area contributed by atoms with Gasteiger partial charge >= 0.3 is 0 Å². The number of carbonyl (C=O) groups is 1. The molecule has 1 amide bonds. The van der Waals surface area contributed by atoms with Crippen LogP contribution in [0.3, 0.4) is 0 Å². The minimum Gasteiger partial charge on any atom is -0.393 e. The molecule has 2 saturated carbocycles. The molecule has 0 aliphatic heterocycles. The summed E-state index contributed by atoms with van der Waals surface area (Å²) in [7, 11) is 3.54. The number of likely N-dealkylation sites (N-methyl/N-ethyl adjacent to an activating group) is 1. The van der Waals surface area contributed by atoms with E-state index in [1.165, 1.54) is 6.20 Å². The number of hydrogen-bond acceptors (Lipinski definition) is 7. The monoisotopic (exact) mass is 400 g/mol. The van der Waals surface area contributed by atoms with E-state index >= 15 is 0 Å². The van der Waals surface area contributed by atoms with Gasteiger partial charge in [0.15, 0.2) is 0 Å². The zero-order chi connectivity index (χ0) is 20.9. The van der Waals surface area contributed by atoms with Crippen LogP contribution in [0, 0.1) is 11.3 Å². The van der Waals surface area contributed by atoms with Crippen molar-refractivity contribution in [3.63, 3.8) is 0 Å². The van der Waals surface area contributed by atoms with Crippen LogP contribution in [-0.2, 0) is 4.79 Å². The quantitative estimate of drug-likeness (QED) is 0.651. The van der Waals surface area contributed by atoms with E-state index in [4.69, 9.17) is 0 Å². The number of nitrogens with one attached hydrogen (secondary N) is 2. The molecule has 0 aromatic carbocycles. The molecule has 2 fully saturated rings. The molecule has 0 bridgehead atoms. The predicted octanol–water partition coefficient (Wildman–Crippen LogP) is 2.66. The van der Waals surface area contributed by atoms with E-state index in [-0.39, 0.29) is 18.1 Å². The summed E-state index contributed by atoms with van der Waals surface area (Å²) in [6.07, 6.45) is 10.2. The Hall–Kier alpha value is -2.40. The number of hydrogen-bond donors (Lipinski definition) is 3. The first-order valence-electron chi connectivity index (χ1n) is 10.7. The van der Waals surface area contributed by atoms with Crippen molar-refractivity contribution in [2.75, 3.05) is 24.7 Å². The lowest BCUT2D eigenvalue weighted by molar-refractivity contribution is -0.134. The van der Waals surface area contributed by atoms with Crippen molar-refractivity contribution in [2.45, 2.75) is 81.9 Å². The Morgan fingerprint density at radius 2 is 1.97 bits per heavy atom. The molecule has 1 aromatic rings. The molecule has 29 heavy (non-hydrogen) atoms. The van der Waals surface area contributed by atoms with Gasteiger partial charge in [-0.25, -0.2) is 4.98 Å². The number of amides is 1. The van der Waals surface area contributed by atoms with E-state index < -0.39 is 5.54 Å². The van der Waals surface area contributed by atoms with Gasteiger partial charge in [-0.3, -0.25) is 4.79 Å². The van der Waals surface area contributed by atoms with Gasteiger partial charge in [-0.2, -0.15) is 10.2 Å². The number of aliphatic hydroxyl groups excluding tert-OH is 1. The summed E-state index contributed by atoms with van der Waals surface area (Å²) >= 11 is 0. The normalized spacial score (nSPS) is 24.1. The summed E-state index contributed by atoms with van der Waals surface area (Å²) in [4.78, 5) is 23.4. The average molecular weight is 401 g/mol. The van der Waals surface area contributed by atoms with Crippen molar-refractivity contribution in [2.24, 2.45) is 0 Å². The lowest BCUT2D eigenvalue weighted by Gasteiger charge is -2.38. The minimum atomic E-state index is -0.703. The van der Waals surface area contributed by atoms with Crippen LogP contribution in [0.4, 0.5) is 11.8 Å². The maximum absolute atomic E-state index is 12.9. The van der Waals surface area contributed by atoms with E-state index in [0.29, 0.717) is 23.8 Å². The highest BCUT2D eigenvalue weighted by Crippen LogP contribution is 2.33. The Labute approximate surface area is 172 Å². The van der Waals surface area contributed by atoms with Crippen LogP contribution in [0.1, 0.15) is 69.8 Å². The second-order valence-electron chi connectivity index (χ2n) is 8.55. The third-order valence-electron chi connectivity index (χ3n) is 6.02. The van der Waals surface area contributed by atoms with E-state index in [0.717, 1.165) is 57.8 Å². The fourth-order valence-electron chi connectivity index (χ4n) is 4.48. The van der Waals surface area contributed by atoms with Crippen LogP contribution in [-0.4, -0.2) is 57.7 Å². The van der Waals surface area contributed by atoms with Gasteiger partial charge in [-0.15, -0.1) is 0 Å². The van der Waals surface area contributed by atoms with Gasteiger partial charge in [0.25, 0.3) is 0 Å². The Kier molecular flexibility index (Phi) is 6.91. The van der Waals surface area contributed by atoms with E-state index in [9.17, 15) is 15.2 Å². The van der Waals surface area contributed by atoms with E-state index in [1.807, 2.05) is 0 Å². The molecule has 8 heteroatoms. The first-order chi connectivity index (χ1) is 13.9. The standard InChI is InChI=1S/C21H32N6O2/c1-27(2)19(29)21(10-6-3-7-11-21)26-20-23-14-15(13-22)18(25-20)24-16-8-4-5-9-17(28)12-16/h14,16-17,28H,3-12H2,1-2H3,(H2,23,24,25,26)/t16-,17-/m1/s1. The lowest BCUT2D eigenvalue weighted by Crippen LogP contribution is -2.53. The largest absolute Gasteiger partial charge is 0.393 e. The van der Waals surface area contributed by atoms with Crippen molar-refractivity contribution in [3.05, 3.63) is 11.8 Å². The van der Waals surface area contributed by atoms with Crippen molar-refractivity contribution >= 4 is 17.7 Å². The van der Waals surface area contributed by atoms with Crippen molar-refractivity contribution in [1.29, 1.82) is 5.26 Å². The number of carbonyl (C=O) groups excluding carboxylic acids is 1. The number of anilines is 2. The van der Waals surface area contributed by atoms with Gasteiger partial charge in [0.2, 0.25) is 11.9 Å². The fraction of sp³-hybridized carbons (Fsp3) is 0.714. The lowest BCUT2D eigenvalue weighted by atomic mass is 9.80. The molecule has 0 saturated heterocycles. The number of nitrogens with zero attached hydrogens (tertiary/aromatic N) is 4. The minimum absolute atomic E-state index is 0.0339. The zero-order valence-electron chi connectivity index (χ0n) is 17.4. The first-order valence-corrected chi connectivity index (χ1v) is 10.7. The van der Waals surface area contributed by atoms with Gasteiger partial charge in [0.1, 0.15) is 23.0 Å². The molecule has 0 spiro atoms. The number of aromatic nitrogens is 2. The molecule has 2 atom stereocenters. The van der Waals surface area contributed by atoms with E-state index in [2.05, 4.69) is 26.7 Å². The molecule has 0 unspecified atom stereocenters. The first kappa shape index (κ1) is 21.3. The molecule has 1 heterocycles. The summed E-state index contributed by atoms with van der Waals surface area (Å²) < 4.78 is 0. The smallest absolute Gasteiger partial charge is 0.247 e. The molecular weight excluding hydrogens is 368 g/mol. The highest BCUT2D eigenvalue weighted by Gasteiger charge is 2.41. The van der Waals surface area contributed by atoms with Gasteiger partial charge in [0, 0.05) is 20.1 Å². The predicted molar refractivity (Wildman–Crippen MR) is 111 cm³/mol. The summed E-state index contributed by atoms with van der Waals surface area (Å²) in [5, 5.41) is 26.2. The maximum atomic E-state index is 12.9. The highest BCUT2D eigenvalue weighted by molar-refractivity contribution is 5.88. The van der Waals surface area contributed by atoms with Crippen molar-refractivity contribution in [3.8, 4) is 6.07 Å². The van der Waals surface area contributed by atoms with Gasteiger partial charge in [-0.05, 0) is 32.1 Å². The van der Waals surface area contributed by atoms with Crippen LogP contribution in [0.5, 0.6) is 0 Å². The zero-order valence-corrected chi connectivity index (χ0v) is 17.4. The molecule has 8 nitrogen and oxygen atoms in total. The van der Waals surface area contributed by atoms with Crippen molar-refractivity contribution in [1.82, 2.24) is 14.9 Å². The van der Waals surface area contributed by atoms with Gasteiger partial charge in [0.05, 0.1) is 12.3 Å². The SMILES string of the molecule is CN(C)C(=O)C1(Nc2ncc(C#N)c(N[C@@H]3CCCC[C@@H](O)C3)n2)CCCCC1. The Morgan fingerprint density at radius 3 is 2.66 bits per heavy atom. The second kappa shape index (κ2) is 9.40. The van der Waals surface area contributed by atoms with Crippen LogP contribution < -0.4 is 10.6 Å². The third-order valence-corrected chi connectivity index (χ3v) is 6.02. The van der Waals surface area contributed by atoms with Crippen molar-refractivity contribution < 1.29 is 9.90 Å². The molecule has 2 aliphatic rings. The summed E-state index contributed by atoms with van der Waals surface area (Å²) in [6, 6.07) is 2.20. The highest BCUT2D eigenvalue weighted by atomic mass is 16.3.